The van der Waals surface area contributed by atoms with Crippen molar-refractivity contribution in [1.82, 2.24) is 10.2 Å². The second kappa shape index (κ2) is 9.34. The van der Waals surface area contributed by atoms with Crippen LogP contribution in [0.2, 0.25) is 0 Å². The minimum absolute atomic E-state index is 0.00407. The van der Waals surface area contributed by atoms with E-state index >= 15 is 0 Å². The van der Waals surface area contributed by atoms with Crippen molar-refractivity contribution < 1.29 is 28.2 Å². The number of aliphatic hydroxyl groups is 2. The molecule has 2 rings (SSSR count). The third kappa shape index (κ3) is 4.55. The number of hydrogen-bond donors (Lipinski definition) is 3. The minimum atomic E-state index is -3.03. The number of hydrogen-bond acceptors (Lipinski definition) is 4. The van der Waals surface area contributed by atoms with Gasteiger partial charge in [0.2, 0.25) is 5.91 Å². The van der Waals surface area contributed by atoms with E-state index in [0.717, 1.165) is 10.5 Å². The van der Waals surface area contributed by atoms with Crippen molar-refractivity contribution in [1.29, 1.82) is 0 Å². The van der Waals surface area contributed by atoms with Gasteiger partial charge in [-0.3, -0.25) is 9.69 Å². The maximum absolute atomic E-state index is 14.5. The molecular weight excluding hydrogens is 349 g/mol. The Kier molecular flexibility index (Phi) is 7.43. The number of rotatable bonds is 7. The molecule has 0 radical (unpaired) electrons. The highest BCUT2D eigenvalue weighted by Gasteiger charge is 2.54. The largest absolute Gasteiger partial charge is 0.388 e. The molecule has 3 N–H and O–H groups in total. The molecule has 1 aliphatic heterocycles. The summed E-state index contributed by atoms with van der Waals surface area (Å²) in [6.45, 7) is 1.83. The Labute approximate surface area is 150 Å². The molecule has 1 aliphatic rings. The average Bonchev–Trinajstić information content (AvgIpc) is 2.60. The summed E-state index contributed by atoms with van der Waals surface area (Å²) in [5.41, 5.74) is 0.991. The molecule has 0 aliphatic carbocycles. The molecule has 1 unspecified atom stereocenters. The number of amides is 1. The third-order valence-corrected chi connectivity index (χ3v) is 4.67. The van der Waals surface area contributed by atoms with E-state index in [1.54, 1.807) is 6.92 Å². The van der Waals surface area contributed by atoms with Gasteiger partial charge in [-0.05, 0) is 31.9 Å². The summed E-state index contributed by atoms with van der Waals surface area (Å²) in [5, 5.41) is 22.2. The van der Waals surface area contributed by atoms with Gasteiger partial charge in [-0.2, -0.15) is 0 Å². The third-order valence-electron chi connectivity index (χ3n) is 4.67. The number of likely N-dealkylation sites (tertiary alicyclic amines) is 1. The van der Waals surface area contributed by atoms with Crippen molar-refractivity contribution in [3.8, 4) is 0 Å². The predicted octanol–water partition coefficient (Wildman–Crippen LogP) is 1.13. The van der Waals surface area contributed by atoms with Gasteiger partial charge >= 0.3 is 0 Å². The quantitative estimate of drug-likeness (QED) is 0.669. The van der Waals surface area contributed by atoms with Gasteiger partial charge in [0.15, 0.2) is 6.17 Å². The average molecular weight is 374 g/mol. The Morgan fingerprint density at radius 3 is 2.46 bits per heavy atom. The molecule has 1 heterocycles. The molecule has 1 saturated heterocycles. The number of halogens is 3. The topological polar surface area (TPSA) is 72.8 Å². The number of aliphatic hydroxyl groups excluding tert-OH is 2. The zero-order valence-corrected chi connectivity index (χ0v) is 14.6. The van der Waals surface area contributed by atoms with Crippen LogP contribution in [0.3, 0.4) is 0 Å². The molecule has 0 aromatic heterocycles. The summed E-state index contributed by atoms with van der Waals surface area (Å²) in [6, 6.07) is 5.97. The first-order valence-corrected chi connectivity index (χ1v) is 8.74. The molecule has 1 amide bonds. The van der Waals surface area contributed by atoms with Gasteiger partial charge in [-0.1, -0.05) is 30.3 Å². The number of carbonyl (C=O) groups is 1. The number of aryl methyl sites for hydroxylation is 1. The highest BCUT2D eigenvalue weighted by atomic mass is 19.3. The van der Waals surface area contributed by atoms with E-state index < -0.39 is 42.8 Å². The van der Waals surface area contributed by atoms with Gasteiger partial charge in [-0.15, -0.1) is 0 Å². The highest BCUT2D eigenvalue weighted by Crippen LogP contribution is 2.30. The molecule has 1 aromatic carbocycles. The summed E-state index contributed by atoms with van der Waals surface area (Å²) >= 11 is 0. The Bertz CT molecular complexity index is 576. The van der Waals surface area contributed by atoms with Crippen molar-refractivity contribution in [2.45, 2.75) is 56.7 Å². The number of benzene rings is 1. The van der Waals surface area contributed by atoms with Crippen molar-refractivity contribution in [3.05, 3.63) is 35.9 Å². The fourth-order valence-corrected chi connectivity index (χ4v) is 3.41. The Hall–Kier alpha value is -1.64. The first-order chi connectivity index (χ1) is 12.4. The SMILES string of the molecule is CCNC(=O)[C@@H]1[C@@H](F)[C@@H](O)[C@H](O)C(C(F)F)N1CCCc1ccccc1. The van der Waals surface area contributed by atoms with Crippen LogP contribution in [0.25, 0.3) is 0 Å². The zero-order valence-electron chi connectivity index (χ0n) is 14.6. The lowest BCUT2D eigenvalue weighted by Gasteiger charge is -2.47. The standard InChI is InChI=1S/C18H25F3N2O3/c1-2-22-18(26)13-12(19)15(24)16(25)14(17(20)21)23(13)10-6-9-11-7-4-3-5-8-11/h3-5,7-8,12-17,24-25H,2,6,9-10H2,1H3,(H,22,26)/t12-,13+,14?,15-,16-/m1/s1. The molecule has 5 nitrogen and oxygen atoms in total. The molecule has 0 bridgehead atoms. The van der Waals surface area contributed by atoms with Gasteiger partial charge < -0.3 is 15.5 Å². The first kappa shape index (κ1) is 20.7. The monoisotopic (exact) mass is 374 g/mol. The summed E-state index contributed by atoms with van der Waals surface area (Å²) in [5.74, 6) is -0.767. The van der Waals surface area contributed by atoms with Crippen LogP contribution >= 0.6 is 0 Å². The number of nitrogens with zero attached hydrogens (tertiary/aromatic N) is 1. The number of carbonyl (C=O) groups excluding carboxylic acids is 1. The van der Waals surface area contributed by atoms with Crippen molar-refractivity contribution in [3.63, 3.8) is 0 Å². The zero-order chi connectivity index (χ0) is 19.3. The molecule has 0 saturated carbocycles. The summed E-state index contributed by atoms with van der Waals surface area (Å²) in [6.07, 6.45) is -8.22. The van der Waals surface area contributed by atoms with Gasteiger partial charge in [0.1, 0.15) is 24.3 Å². The molecule has 1 aromatic rings. The van der Waals surface area contributed by atoms with Crippen LogP contribution in [0.1, 0.15) is 18.9 Å². The number of alkyl halides is 3. The van der Waals surface area contributed by atoms with Crippen LogP contribution in [-0.2, 0) is 11.2 Å². The van der Waals surface area contributed by atoms with E-state index in [-0.39, 0.29) is 13.1 Å². The molecule has 1 fully saturated rings. The molecule has 26 heavy (non-hydrogen) atoms. The fraction of sp³-hybridized carbons (Fsp3) is 0.611. The molecule has 8 heteroatoms. The minimum Gasteiger partial charge on any atom is -0.388 e. The Balaban J connectivity index is 2.19. The molecule has 146 valence electrons. The van der Waals surface area contributed by atoms with Crippen LogP contribution in [0.5, 0.6) is 0 Å². The van der Waals surface area contributed by atoms with Crippen LogP contribution in [0, 0.1) is 0 Å². The van der Waals surface area contributed by atoms with Crippen molar-refractivity contribution in [2.24, 2.45) is 0 Å². The lowest BCUT2D eigenvalue weighted by molar-refractivity contribution is -0.178. The van der Waals surface area contributed by atoms with E-state index in [9.17, 15) is 28.2 Å². The lowest BCUT2D eigenvalue weighted by Crippen LogP contribution is -2.70. The van der Waals surface area contributed by atoms with E-state index in [2.05, 4.69) is 5.32 Å². The van der Waals surface area contributed by atoms with Crippen LogP contribution in [-0.4, -0.2) is 71.0 Å². The number of nitrogens with one attached hydrogen (secondary N) is 1. The van der Waals surface area contributed by atoms with E-state index in [4.69, 9.17) is 0 Å². The van der Waals surface area contributed by atoms with Gasteiger partial charge in [0.05, 0.1) is 0 Å². The van der Waals surface area contributed by atoms with Crippen LogP contribution in [0.15, 0.2) is 30.3 Å². The maximum atomic E-state index is 14.5. The van der Waals surface area contributed by atoms with Gasteiger partial charge in [0, 0.05) is 6.54 Å². The second-order valence-electron chi connectivity index (χ2n) is 6.42. The summed E-state index contributed by atoms with van der Waals surface area (Å²) in [7, 11) is 0. The second-order valence-corrected chi connectivity index (χ2v) is 6.42. The van der Waals surface area contributed by atoms with E-state index in [1.165, 1.54) is 0 Å². The predicted molar refractivity (Wildman–Crippen MR) is 90.6 cm³/mol. The highest BCUT2D eigenvalue weighted by molar-refractivity contribution is 5.82. The Morgan fingerprint density at radius 2 is 1.88 bits per heavy atom. The molecular formula is C18H25F3N2O3. The van der Waals surface area contributed by atoms with Crippen molar-refractivity contribution >= 4 is 5.91 Å². The van der Waals surface area contributed by atoms with Crippen LogP contribution < -0.4 is 5.32 Å². The molecule has 5 atom stereocenters. The maximum Gasteiger partial charge on any atom is 0.256 e. The molecule has 0 spiro atoms. The smallest absolute Gasteiger partial charge is 0.256 e. The van der Waals surface area contributed by atoms with E-state index in [1.807, 2.05) is 30.3 Å². The van der Waals surface area contributed by atoms with Gasteiger partial charge in [-0.25, -0.2) is 13.2 Å². The number of likely N-dealkylation sites (N-methyl/N-ethyl adjacent to an activating group) is 1. The fourth-order valence-electron chi connectivity index (χ4n) is 3.41. The van der Waals surface area contributed by atoms with Crippen LogP contribution in [0.4, 0.5) is 13.2 Å². The van der Waals surface area contributed by atoms with Crippen molar-refractivity contribution in [2.75, 3.05) is 13.1 Å². The normalized spacial score (nSPS) is 29.7. The lowest BCUT2D eigenvalue weighted by atomic mass is 9.87. The summed E-state index contributed by atoms with van der Waals surface area (Å²) < 4.78 is 41.6. The number of piperidine rings is 1. The Morgan fingerprint density at radius 1 is 1.23 bits per heavy atom. The van der Waals surface area contributed by atoms with E-state index in [0.29, 0.717) is 12.8 Å². The summed E-state index contributed by atoms with van der Waals surface area (Å²) in [4.78, 5) is 13.2. The van der Waals surface area contributed by atoms with Gasteiger partial charge in [0.25, 0.3) is 6.43 Å². The first-order valence-electron chi connectivity index (χ1n) is 8.74.